The number of nitrogens with one attached hydrogen (secondary N) is 1. The number of hydrogen-bond acceptors (Lipinski definition) is 6. The molecule has 0 radical (unpaired) electrons. The number of pyridine rings is 1. The van der Waals surface area contributed by atoms with Crippen molar-refractivity contribution in [1.29, 1.82) is 0 Å². The maximum Gasteiger partial charge on any atom is 0.227 e. The molecule has 0 bridgehead atoms. The number of carbonyl (C=O) groups excluding carboxylic acids is 1. The van der Waals surface area contributed by atoms with Gasteiger partial charge in [-0.25, -0.2) is 0 Å². The molecule has 23 heavy (non-hydrogen) atoms. The standard InChI is InChI=1S/C16H20N4O3/c21-10-7-13(11-1-2-11)18-14(22)3-4-15-19-16(20-23-15)12-5-8-17-9-6-12/h5-6,8-9,11,13,21H,1-4,7,10H2,(H,18,22). The van der Waals surface area contributed by atoms with Crippen molar-refractivity contribution in [3.05, 3.63) is 30.4 Å². The molecule has 0 saturated heterocycles. The third-order valence-corrected chi connectivity index (χ3v) is 3.95. The second kappa shape index (κ2) is 7.32. The van der Waals surface area contributed by atoms with Crippen LogP contribution < -0.4 is 5.32 Å². The van der Waals surface area contributed by atoms with E-state index in [1.807, 2.05) is 0 Å². The van der Waals surface area contributed by atoms with Crippen LogP contribution in [0.15, 0.2) is 29.0 Å². The van der Waals surface area contributed by atoms with Gasteiger partial charge in [-0.2, -0.15) is 4.98 Å². The van der Waals surface area contributed by atoms with Gasteiger partial charge in [0.05, 0.1) is 0 Å². The molecule has 1 aliphatic rings. The van der Waals surface area contributed by atoms with Crippen molar-refractivity contribution in [1.82, 2.24) is 20.4 Å². The summed E-state index contributed by atoms with van der Waals surface area (Å²) in [5.41, 5.74) is 0.830. The van der Waals surface area contributed by atoms with Gasteiger partial charge in [-0.15, -0.1) is 0 Å². The Kier molecular flexibility index (Phi) is 4.97. The number of hydrogen-bond donors (Lipinski definition) is 2. The molecule has 7 heteroatoms. The maximum absolute atomic E-state index is 12.0. The number of rotatable bonds is 8. The lowest BCUT2D eigenvalue weighted by Crippen LogP contribution is -2.37. The van der Waals surface area contributed by atoms with E-state index in [2.05, 4.69) is 20.4 Å². The van der Waals surface area contributed by atoms with E-state index >= 15 is 0 Å². The Balaban J connectivity index is 1.50. The largest absolute Gasteiger partial charge is 0.396 e. The molecule has 3 rings (SSSR count). The van der Waals surface area contributed by atoms with E-state index in [-0.39, 0.29) is 18.6 Å². The van der Waals surface area contributed by atoms with Gasteiger partial charge in [-0.1, -0.05) is 5.16 Å². The second-order valence-corrected chi connectivity index (χ2v) is 5.77. The molecular formula is C16H20N4O3. The zero-order valence-corrected chi connectivity index (χ0v) is 12.8. The molecule has 0 aliphatic heterocycles. The van der Waals surface area contributed by atoms with Crippen molar-refractivity contribution in [3.8, 4) is 11.4 Å². The summed E-state index contributed by atoms with van der Waals surface area (Å²) >= 11 is 0. The summed E-state index contributed by atoms with van der Waals surface area (Å²) in [5, 5.41) is 16.0. The highest BCUT2D eigenvalue weighted by molar-refractivity contribution is 5.76. The highest BCUT2D eigenvalue weighted by atomic mass is 16.5. The summed E-state index contributed by atoms with van der Waals surface area (Å²) in [4.78, 5) is 20.3. The molecule has 1 amide bonds. The Labute approximate surface area is 134 Å². The van der Waals surface area contributed by atoms with Crippen LogP contribution in [0.4, 0.5) is 0 Å². The number of aliphatic hydroxyl groups excluding tert-OH is 1. The van der Waals surface area contributed by atoms with Crippen LogP contribution in [0.1, 0.15) is 31.6 Å². The van der Waals surface area contributed by atoms with E-state index in [1.54, 1.807) is 24.5 Å². The number of aliphatic hydroxyl groups is 1. The summed E-state index contributed by atoms with van der Waals surface area (Å²) in [7, 11) is 0. The molecule has 2 N–H and O–H groups in total. The van der Waals surface area contributed by atoms with Crippen LogP contribution in [0.3, 0.4) is 0 Å². The molecular weight excluding hydrogens is 296 g/mol. The first-order valence-corrected chi connectivity index (χ1v) is 7.89. The Hall–Kier alpha value is -2.28. The lowest BCUT2D eigenvalue weighted by Gasteiger charge is -2.16. The van der Waals surface area contributed by atoms with Crippen molar-refractivity contribution in [2.45, 2.75) is 38.1 Å². The van der Waals surface area contributed by atoms with Crippen molar-refractivity contribution in [2.24, 2.45) is 5.92 Å². The molecule has 2 aromatic rings. The summed E-state index contributed by atoms with van der Waals surface area (Å²) in [6, 6.07) is 3.69. The van der Waals surface area contributed by atoms with Crippen LogP contribution in [0.5, 0.6) is 0 Å². The molecule has 1 unspecified atom stereocenters. The number of amides is 1. The molecule has 1 aliphatic carbocycles. The number of carbonyl (C=O) groups is 1. The average Bonchev–Trinajstić information content (AvgIpc) is 3.31. The van der Waals surface area contributed by atoms with Gasteiger partial charge in [-0.05, 0) is 37.3 Å². The molecule has 0 spiro atoms. The van der Waals surface area contributed by atoms with E-state index in [1.165, 1.54) is 0 Å². The van der Waals surface area contributed by atoms with Crippen molar-refractivity contribution < 1.29 is 14.4 Å². The van der Waals surface area contributed by atoms with Crippen LogP contribution >= 0.6 is 0 Å². The third-order valence-electron chi connectivity index (χ3n) is 3.95. The fraction of sp³-hybridized carbons (Fsp3) is 0.500. The molecule has 1 fully saturated rings. The first kappa shape index (κ1) is 15.6. The highest BCUT2D eigenvalue weighted by Gasteiger charge is 2.31. The summed E-state index contributed by atoms with van der Waals surface area (Å²) in [6.45, 7) is 0.0976. The van der Waals surface area contributed by atoms with Gasteiger partial charge in [-0.3, -0.25) is 9.78 Å². The van der Waals surface area contributed by atoms with Crippen LogP contribution in [0.25, 0.3) is 11.4 Å². The number of aryl methyl sites for hydroxylation is 1. The summed E-state index contributed by atoms with van der Waals surface area (Å²) in [6.07, 6.45) is 6.90. The first-order chi connectivity index (χ1) is 11.3. The van der Waals surface area contributed by atoms with E-state index in [9.17, 15) is 4.79 Å². The van der Waals surface area contributed by atoms with E-state index < -0.39 is 0 Å². The van der Waals surface area contributed by atoms with Crippen LogP contribution in [0, 0.1) is 5.92 Å². The zero-order valence-electron chi connectivity index (χ0n) is 12.8. The summed E-state index contributed by atoms with van der Waals surface area (Å²) in [5.74, 6) is 1.42. The van der Waals surface area contributed by atoms with Gasteiger partial charge in [0, 0.05) is 43.4 Å². The van der Waals surface area contributed by atoms with E-state index in [0.29, 0.717) is 36.9 Å². The fourth-order valence-corrected chi connectivity index (χ4v) is 2.54. The van der Waals surface area contributed by atoms with E-state index in [4.69, 9.17) is 9.63 Å². The van der Waals surface area contributed by atoms with Crippen LogP contribution in [0.2, 0.25) is 0 Å². The summed E-state index contributed by atoms with van der Waals surface area (Å²) < 4.78 is 5.18. The van der Waals surface area contributed by atoms with Gasteiger partial charge < -0.3 is 14.9 Å². The smallest absolute Gasteiger partial charge is 0.227 e. The molecule has 2 aromatic heterocycles. The van der Waals surface area contributed by atoms with Crippen LogP contribution in [-0.4, -0.2) is 38.8 Å². The van der Waals surface area contributed by atoms with Gasteiger partial charge in [0.2, 0.25) is 17.6 Å². The van der Waals surface area contributed by atoms with Crippen LogP contribution in [-0.2, 0) is 11.2 Å². The Bertz CT molecular complexity index is 640. The van der Waals surface area contributed by atoms with Gasteiger partial charge in [0.15, 0.2) is 0 Å². The predicted molar refractivity (Wildman–Crippen MR) is 82.2 cm³/mol. The molecule has 122 valence electrons. The quantitative estimate of drug-likeness (QED) is 0.762. The number of nitrogens with zero attached hydrogens (tertiary/aromatic N) is 3. The predicted octanol–water partition coefficient (Wildman–Crippen LogP) is 1.34. The zero-order chi connectivity index (χ0) is 16.1. The molecule has 0 aromatic carbocycles. The van der Waals surface area contributed by atoms with Crippen molar-refractivity contribution >= 4 is 5.91 Å². The second-order valence-electron chi connectivity index (χ2n) is 5.77. The first-order valence-electron chi connectivity index (χ1n) is 7.89. The molecule has 7 nitrogen and oxygen atoms in total. The number of aromatic nitrogens is 3. The SMILES string of the molecule is O=C(CCc1nc(-c2ccncc2)no1)NC(CCO)C1CC1. The monoisotopic (exact) mass is 316 g/mol. The normalized spacial score (nSPS) is 15.3. The van der Waals surface area contributed by atoms with E-state index in [0.717, 1.165) is 18.4 Å². The highest BCUT2D eigenvalue weighted by Crippen LogP contribution is 2.33. The minimum Gasteiger partial charge on any atom is -0.396 e. The fourth-order valence-electron chi connectivity index (χ4n) is 2.54. The maximum atomic E-state index is 12.0. The van der Waals surface area contributed by atoms with Gasteiger partial charge >= 0.3 is 0 Å². The Morgan fingerprint density at radius 1 is 1.39 bits per heavy atom. The Morgan fingerprint density at radius 2 is 2.17 bits per heavy atom. The molecule has 2 heterocycles. The molecule has 1 saturated carbocycles. The molecule has 1 atom stereocenters. The lowest BCUT2D eigenvalue weighted by molar-refractivity contribution is -0.122. The topological polar surface area (TPSA) is 101 Å². The Morgan fingerprint density at radius 3 is 2.87 bits per heavy atom. The van der Waals surface area contributed by atoms with Gasteiger partial charge in [0.25, 0.3) is 0 Å². The van der Waals surface area contributed by atoms with Crippen molar-refractivity contribution in [3.63, 3.8) is 0 Å². The average molecular weight is 316 g/mol. The third kappa shape index (κ3) is 4.35. The van der Waals surface area contributed by atoms with Crippen molar-refractivity contribution in [2.75, 3.05) is 6.61 Å². The lowest BCUT2D eigenvalue weighted by atomic mass is 10.1. The minimum atomic E-state index is -0.0426. The minimum absolute atomic E-state index is 0.0426. The van der Waals surface area contributed by atoms with Gasteiger partial charge in [0.1, 0.15) is 0 Å².